The molecule has 0 unspecified atom stereocenters. The summed E-state index contributed by atoms with van der Waals surface area (Å²) in [6.07, 6.45) is 1.32. The predicted molar refractivity (Wildman–Crippen MR) is 153 cm³/mol. The molecule has 10 heteroatoms. The maximum atomic E-state index is 13.5. The first kappa shape index (κ1) is 28.3. The van der Waals surface area contributed by atoms with Crippen LogP contribution in [0.2, 0.25) is 0 Å². The quantitative estimate of drug-likeness (QED) is 0.164. The van der Waals surface area contributed by atoms with Gasteiger partial charge in [-0.05, 0) is 80.4 Å². The van der Waals surface area contributed by atoms with Crippen LogP contribution >= 0.6 is 0 Å². The fourth-order valence-electron chi connectivity index (χ4n) is 4.03. The minimum Gasteiger partial charge on any atom is -0.462 e. The van der Waals surface area contributed by atoms with Gasteiger partial charge in [-0.15, -0.1) is 0 Å². The number of sulfonamides is 1. The highest BCUT2D eigenvalue weighted by Crippen LogP contribution is 2.26. The largest absolute Gasteiger partial charge is 0.462 e. The van der Waals surface area contributed by atoms with E-state index in [1.54, 1.807) is 73.7 Å². The van der Waals surface area contributed by atoms with Crippen LogP contribution in [0.15, 0.2) is 99.3 Å². The Balaban J connectivity index is 1.47. The lowest BCUT2D eigenvalue weighted by Crippen LogP contribution is -2.39. The lowest BCUT2D eigenvalue weighted by Gasteiger charge is -2.24. The second kappa shape index (κ2) is 12.4. The number of nitrogens with one attached hydrogen (secondary N) is 1. The van der Waals surface area contributed by atoms with E-state index in [9.17, 15) is 18.0 Å². The molecule has 9 nitrogen and oxygen atoms in total. The average Bonchev–Trinajstić information content (AvgIpc) is 3.41. The monoisotopic (exact) mass is 559 g/mol. The van der Waals surface area contributed by atoms with Crippen LogP contribution in [0, 0.1) is 13.8 Å². The van der Waals surface area contributed by atoms with Crippen molar-refractivity contribution in [2.75, 3.05) is 17.5 Å². The summed E-state index contributed by atoms with van der Waals surface area (Å²) in [7, 11) is -4.03. The number of esters is 1. The van der Waals surface area contributed by atoms with Crippen molar-refractivity contribution in [2.45, 2.75) is 25.7 Å². The number of ether oxygens (including phenoxy) is 1. The molecular formula is C30H29N3O6S. The van der Waals surface area contributed by atoms with Gasteiger partial charge in [0.25, 0.3) is 15.9 Å². The summed E-state index contributed by atoms with van der Waals surface area (Å²) in [4.78, 5) is 24.7. The highest BCUT2D eigenvalue weighted by atomic mass is 32.2. The van der Waals surface area contributed by atoms with Crippen molar-refractivity contribution >= 4 is 33.8 Å². The molecule has 3 aromatic carbocycles. The summed E-state index contributed by atoms with van der Waals surface area (Å²) in [5.41, 5.74) is 5.67. The van der Waals surface area contributed by atoms with Crippen LogP contribution in [0.5, 0.6) is 0 Å². The number of benzene rings is 3. The molecule has 40 heavy (non-hydrogen) atoms. The molecule has 0 saturated heterocycles. The van der Waals surface area contributed by atoms with Crippen molar-refractivity contribution in [1.29, 1.82) is 0 Å². The lowest BCUT2D eigenvalue weighted by atomic mass is 10.1. The standard InChI is InChI=1S/C30H29N3O6S/c1-4-38-30(35)24-12-10-23(11-13-24)28-15-14-26(39-28)19-31-32-29(34)20-33(25-17-21(2)16-22(3)18-25)40(36,37)27-8-6-5-7-9-27/h5-19H,4,20H2,1-3H3,(H,32,34)/b31-19+. The molecule has 1 N–H and O–H groups in total. The van der Waals surface area contributed by atoms with Crippen molar-refractivity contribution in [3.63, 3.8) is 0 Å². The molecule has 0 aliphatic rings. The van der Waals surface area contributed by atoms with Gasteiger partial charge in [0.1, 0.15) is 18.1 Å². The first-order chi connectivity index (χ1) is 19.2. The third-order valence-electron chi connectivity index (χ3n) is 5.80. The molecule has 4 aromatic rings. The zero-order valence-electron chi connectivity index (χ0n) is 22.3. The molecule has 0 aliphatic carbocycles. The number of hydrazone groups is 1. The van der Waals surface area contributed by atoms with E-state index in [-0.39, 0.29) is 4.90 Å². The van der Waals surface area contributed by atoms with Crippen LogP contribution in [-0.2, 0) is 19.6 Å². The van der Waals surface area contributed by atoms with Crippen LogP contribution in [0.25, 0.3) is 11.3 Å². The zero-order chi connectivity index (χ0) is 28.7. The van der Waals surface area contributed by atoms with E-state index in [1.165, 1.54) is 18.3 Å². The topological polar surface area (TPSA) is 118 Å². The molecule has 0 bridgehead atoms. The number of rotatable bonds is 10. The number of carbonyl (C=O) groups is 2. The van der Waals surface area contributed by atoms with Crippen LogP contribution in [-0.4, -0.2) is 39.7 Å². The molecule has 0 fully saturated rings. The predicted octanol–water partition coefficient (Wildman–Crippen LogP) is 5.09. The van der Waals surface area contributed by atoms with Gasteiger partial charge in [-0.3, -0.25) is 9.10 Å². The summed E-state index contributed by atoms with van der Waals surface area (Å²) >= 11 is 0. The molecule has 0 atom stereocenters. The molecule has 206 valence electrons. The SMILES string of the molecule is CCOC(=O)c1ccc(-c2ccc(/C=N/NC(=O)CN(c3cc(C)cc(C)c3)S(=O)(=O)c3ccccc3)o2)cc1. The minimum absolute atomic E-state index is 0.0730. The Morgan fingerprint density at radius 1 is 0.950 bits per heavy atom. The summed E-state index contributed by atoms with van der Waals surface area (Å²) in [6, 6.07) is 23.5. The molecule has 0 aliphatic heterocycles. The second-order valence-corrected chi connectivity index (χ2v) is 10.8. The molecule has 1 aromatic heterocycles. The van der Waals surface area contributed by atoms with Crippen molar-refractivity contribution < 1.29 is 27.2 Å². The normalized spacial score (nSPS) is 11.4. The smallest absolute Gasteiger partial charge is 0.338 e. The van der Waals surface area contributed by atoms with Gasteiger partial charge in [0, 0.05) is 5.56 Å². The number of nitrogens with zero attached hydrogens (tertiary/aromatic N) is 2. The van der Waals surface area contributed by atoms with Crippen molar-refractivity contribution in [2.24, 2.45) is 5.10 Å². The van der Waals surface area contributed by atoms with E-state index in [0.29, 0.717) is 29.4 Å². The minimum atomic E-state index is -4.03. The molecule has 4 rings (SSSR count). The Labute approximate surface area is 233 Å². The number of anilines is 1. The number of carbonyl (C=O) groups excluding carboxylic acids is 2. The molecule has 1 heterocycles. The van der Waals surface area contributed by atoms with Crippen molar-refractivity contribution in [3.05, 3.63) is 107 Å². The first-order valence-corrected chi connectivity index (χ1v) is 14.0. The molecule has 1 amide bonds. The van der Waals surface area contributed by atoms with E-state index in [4.69, 9.17) is 9.15 Å². The van der Waals surface area contributed by atoms with Gasteiger partial charge in [-0.1, -0.05) is 36.4 Å². The van der Waals surface area contributed by atoms with Gasteiger partial charge < -0.3 is 9.15 Å². The van der Waals surface area contributed by atoms with Crippen molar-refractivity contribution in [1.82, 2.24) is 5.43 Å². The number of hydrogen-bond donors (Lipinski definition) is 1. The van der Waals surface area contributed by atoms with Crippen molar-refractivity contribution in [3.8, 4) is 11.3 Å². The van der Waals surface area contributed by atoms with E-state index in [0.717, 1.165) is 21.0 Å². The maximum absolute atomic E-state index is 13.5. The number of aryl methyl sites for hydroxylation is 2. The van der Waals surface area contributed by atoms with Crippen LogP contribution in [0.3, 0.4) is 0 Å². The Kier molecular flexibility index (Phi) is 8.80. The van der Waals surface area contributed by atoms with Gasteiger partial charge in [-0.25, -0.2) is 18.6 Å². The van der Waals surface area contributed by atoms with E-state index in [1.807, 2.05) is 19.9 Å². The van der Waals surface area contributed by atoms with Crippen LogP contribution in [0.4, 0.5) is 5.69 Å². The molecule has 0 spiro atoms. The zero-order valence-corrected chi connectivity index (χ0v) is 23.1. The summed E-state index contributed by atoms with van der Waals surface area (Å²) in [6.45, 7) is 5.29. The first-order valence-electron chi connectivity index (χ1n) is 12.5. The number of hydrogen-bond acceptors (Lipinski definition) is 7. The summed E-state index contributed by atoms with van der Waals surface area (Å²) in [5.74, 6) is -0.119. The van der Waals surface area contributed by atoms with Gasteiger partial charge in [-0.2, -0.15) is 5.10 Å². The molecular weight excluding hydrogens is 530 g/mol. The third kappa shape index (κ3) is 6.83. The fourth-order valence-corrected chi connectivity index (χ4v) is 5.45. The van der Waals surface area contributed by atoms with Gasteiger partial charge in [0.15, 0.2) is 0 Å². The number of furan rings is 1. The Bertz CT molecular complexity index is 1610. The van der Waals surface area contributed by atoms with E-state index in [2.05, 4.69) is 10.5 Å². The van der Waals surface area contributed by atoms with Gasteiger partial charge >= 0.3 is 5.97 Å². The summed E-state index contributed by atoms with van der Waals surface area (Å²) < 4.78 is 38.8. The van der Waals surface area contributed by atoms with Crippen LogP contribution in [0.1, 0.15) is 34.2 Å². The average molecular weight is 560 g/mol. The van der Waals surface area contributed by atoms with E-state index >= 15 is 0 Å². The maximum Gasteiger partial charge on any atom is 0.338 e. The fraction of sp³-hybridized carbons (Fsp3) is 0.167. The second-order valence-electron chi connectivity index (χ2n) is 8.96. The Morgan fingerprint density at radius 3 is 2.27 bits per heavy atom. The van der Waals surface area contributed by atoms with Gasteiger partial charge in [0.05, 0.1) is 29.0 Å². The van der Waals surface area contributed by atoms with Crippen LogP contribution < -0.4 is 9.73 Å². The lowest BCUT2D eigenvalue weighted by molar-refractivity contribution is -0.119. The summed E-state index contributed by atoms with van der Waals surface area (Å²) in [5, 5.41) is 3.94. The highest BCUT2D eigenvalue weighted by molar-refractivity contribution is 7.92. The Morgan fingerprint density at radius 2 is 1.62 bits per heavy atom. The highest BCUT2D eigenvalue weighted by Gasteiger charge is 2.27. The molecule has 0 radical (unpaired) electrons. The Hall–Kier alpha value is -4.70. The van der Waals surface area contributed by atoms with E-state index < -0.39 is 28.4 Å². The molecule has 0 saturated carbocycles. The van der Waals surface area contributed by atoms with Gasteiger partial charge in [0.2, 0.25) is 0 Å². The number of amides is 1. The third-order valence-corrected chi connectivity index (χ3v) is 7.59.